The monoisotopic (exact) mass is 198 g/mol. The number of ether oxygens (including phenoxy) is 1. The smallest absolute Gasteiger partial charge is 0.162 e. The Morgan fingerprint density at radius 2 is 2.29 bits per heavy atom. The summed E-state index contributed by atoms with van der Waals surface area (Å²) in [5.41, 5.74) is 0.752. The van der Waals surface area contributed by atoms with Gasteiger partial charge in [-0.2, -0.15) is 5.10 Å². The summed E-state index contributed by atoms with van der Waals surface area (Å²) < 4.78 is 6.80. The average molecular weight is 198 g/mol. The van der Waals surface area contributed by atoms with E-state index in [0.29, 0.717) is 5.75 Å². The number of aromatic nitrogens is 2. The molecule has 1 rings (SSSR count). The lowest BCUT2D eigenvalue weighted by Crippen LogP contribution is -2.13. The van der Waals surface area contributed by atoms with Gasteiger partial charge in [-0.3, -0.25) is 4.68 Å². The molecule has 0 saturated carbocycles. The third-order valence-corrected chi connectivity index (χ3v) is 2.63. The fourth-order valence-electron chi connectivity index (χ4n) is 1.41. The topological polar surface area (TPSA) is 47.3 Å². The Bertz CT molecular complexity index is 296. The Morgan fingerprint density at radius 1 is 1.64 bits per heavy atom. The van der Waals surface area contributed by atoms with Crippen LogP contribution in [0.2, 0.25) is 0 Å². The Balaban J connectivity index is 2.97. The number of methoxy groups -OCH3 is 1. The number of rotatable bonds is 4. The second-order valence-corrected chi connectivity index (χ2v) is 3.55. The first-order valence-corrected chi connectivity index (χ1v) is 4.85. The summed E-state index contributed by atoms with van der Waals surface area (Å²) in [4.78, 5) is 0. The normalized spacial score (nSPS) is 15.2. The molecule has 0 saturated heterocycles. The van der Waals surface area contributed by atoms with Crippen molar-refractivity contribution in [1.29, 1.82) is 0 Å². The zero-order valence-corrected chi connectivity index (χ0v) is 9.19. The molecule has 4 nitrogen and oxygen atoms in total. The summed E-state index contributed by atoms with van der Waals surface area (Å²) >= 11 is 0. The first-order chi connectivity index (χ1) is 6.61. The second-order valence-electron chi connectivity index (χ2n) is 3.55. The summed E-state index contributed by atoms with van der Waals surface area (Å²) in [5.74, 6) is 0.861. The van der Waals surface area contributed by atoms with Crippen molar-refractivity contribution >= 4 is 0 Å². The maximum Gasteiger partial charge on any atom is 0.162 e. The van der Waals surface area contributed by atoms with Crippen LogP contribution in [-0.2, 0) is 7.05 Å². The molecule has 0 aromatic carbocycles. The van der Waals surface area contributed by atoms with Crippen LogP contribution in [0.25, 0.3) is 0 Å². The van der Waals surface area contributed by atoms with Gasteiger partial charge in [0, 0.05) is 7.05 Å². The minimum atomic E-state index is -0.512. The molecule has 0 aliphatic carbocycles. The quantitative estimate of drug-likeness (QED) is 0.797. The molecule has 2 atom stereocenters. The van der Waals surface area contributed by atoms with Gasteiger partial charge in [0.05, 0.1) is 13.3 Å². The summed E-state index contributed by atoms with van der Waals surface area (Å²) in [5, 5.41) is 14.1. The van der Waals surface area contributed by atoms with Crippen LogP contribution in [0.4, 0.5) is 0 Å². The van der Waals surface area contributed by atoms with E-state index in [9.17, 15) is 5.11 Å². The lowest BCUT2D eigenvalue weighted by atomic mass is 9.99. The molecule has 1 heterocycles. The Hall–Kier alpha value is -1.03. The van der Waals surface area contributed by atoms with Crippen LogP contribution < -0.4 is 4.74 Å². The van der Waals surface area contributed by atoms with Gasteiger partial charge in [-0.05, 0) is 5.92 Å². The first kappa shape index (κ1) is 11.0. The van der Waals surface area contributed by atoms with E-state index in [0.717, 1.165) is 12.1 Å². The minimum absolute atomic E-state index is 0.208. The molecule has 1 aromatic heterocycles. The van der Waals surface area contributed by atoms with E-state index < -0.39 is 6.10 Å². The van der Waals surface area contributed by atoms with Gasteiger partial charge in [0.2, 0.25) is 0 Å². The third kappa shape index (κ3) is 1.90. The Morgan fingerprint density at radius 3 is 2.79 bits per heavy atom. The van der Waals surface area contributed by atoms with E-state index in [4.69, 9.17) is 4.74 Å². The number of aryl methyl sites for hydroxylation is 1. The second kappa shape index (κ2) is 4.46. The highest BCUT2D eigenvalue weighted by atomic mass is 16.5. The lowest BCUT2D eigenvalue weighted by Gasteiger charge is -2.18. The maximum absolute atomic E-state index is 10.0. The van der Waals surface area contributed by atoms with Crippen molar-refractivity contribution in [2.45, 2.75) is 26.4 Å². The highest BCUT2D eigenvalue weighted by Crippen LogP contribution is 2.30. The third-order valence-electron chi connectivity index (χ3n) is 2.63. The molecule has 2 unspecified atom stereocenters. The number of aliphatic hydroxyl groups excluding tert-OH is 1. The molecular weight excluding hydrogens is 180 g/mol. The van der Waals surface area contributed by atoms with Crippen molar-refractivity contribution in [2.75, 3.05) is 7.11 Å². The SMILES string of the molecule is CCC(C)C(O)c1c(OC)cnn1C. The molecule has 0 amide bonds. The van der Waals surface area contributed by atoms with Crippen molar-refractivity contribution in [3.8, 4) is 5.75 Å². The average Bonchev–Trinajstić information content (AvgIpc) is 2.57. The predicted molar refractivity (Wildman–Crippen MR) is 54.2 cm³/mol. The van der Waals surface area contributed by atoms with Crippen molar-refractivity contribution in [3.63, 3.8) is 0 Å². The van der Waals surface area contributed by atoms with Gasteiger partial charge in [0.15, 0.2) is 5.75 Å². The van der Waals surface area contributed by atoms with Crippen molar-refractivity contribution in [3.05, 3.63) is 11.9 Å². The fraction of sp³-hybridized carbons (Fsp3) is 0.700. The minimum Gasteiger partial charge on any atom is -0.493 e. The van der Waals surface area contributed by atoms with Gasteiger partial charge in [-0.25, -0.2) is 0 Å². The van der Waals surface area contributed by atoms with Crippen molar-refractivity contribution in [1.82, 2.24) is 9.78 Å². The molecule has 80 valence electrons. The molecule has 0 radical (unpaired) electrons. The van der Waals surface area contributed by atoms with Crippen molar-refractivity contribution in [2.24, 2.45) is 13.0 Å². The van der Waals surface area contributed by atoms with Gasteiger partial charge in [0.25, 0.3) is 0 Å². The zero-order chi connectivity index (χ0) is 10.7. The van der Waals surface area contributed by atoms with Gasteiger partial charge in [-0.15, -0.1) is 0 Å². The van der Waals surface area contributed by atoms with Gasteiger partial charge in [0.1, 0.15) is 11.8 Å². The standard InChI is InChI=1S/C10H18N2O2/c1-5-7(2)10(13)9-8(14-4)6-11-12(9)3/h6-7,10,13H,5H2,1-4H3. The van der Waals surface area contributed by atoms with Crippen LogP contribution in [0.1, 0.15) is 32.1 Å². The highest BCUT2D eigenvalue weighted by molar-refractivity contribution is 5.27. The summed E-state index contributed by atoms with van der Waals surface area (Å²) in [6.45, 7) is 4.06. The maximum atomic E-state index is 10.0. The molecule has 0 spiro atoms. The number of hydrogen-bond acceptors (Lipinski definition) is 3. The van der Waals surface area contributed by atoms with E-state index in [-0.39, 0.29) is 5.92 Å². The van der Waals surface area contributed by atoms with E-state index in [1.807, 2.05) is 14.0 Å². The van der Waals surface area contributed by atoms with Crippen LogP contribution in [0.3, 0.4) is 0 Å². The van der Waals surface area contributed by atoms with Crippen LogP contribution >= 0.6 is 0 Å². The van der Waals surface area contributed by atoms with Crippen molar-refractivity contribution < 1.29 is 9.84 Å². The summed E-state index contributed by atoms with van der Waals surface area (Å²) in [6.07, 6.45) is 2.04. The van der Waals surface area contributed by atoms with Crippen LogP contribution in [0.15, 0.2) is 6.20 Å². The number of hydrogen-bond donors (Lipinski definition) is 1. The lowest BCUT2D eigenvalue weighted by molar-refractivity contribution is 0.104. The highest BCUT2D eigenvalue weighted by Gasteiger charge is 2.22. The fourth-order valence-corrected chi connectivity index (χ4v) is 1.41. The largest absolute Gasteiger partial charge is 0.493 e. The Kier molecular flexibility index (Phi) is 3.52. The number of nitrogens with zero attached hydrogens (tertiary/aromatic N) is 2. The van der Waals surface area contributed by atoms with Crippen LogP contribution in [0, 0.1) is 5.92 Å². The predicted octanol–water partition coefficient (Wildman–Crippen LogP) is 1.51. The summed E-state index contributed by atoms with van der Waals surface area (Å²) in [6, 6.07) is 0. The van der Waals surface area contributed by atoms with E-state index in [1.54, 1.807) is 18.0 Å². The number of aliphatic hydroxyl groups is 1. The van der Waals surface area contributed by atoms with Gasteiger partial charge < -0.3 is 9.84 Å². The molecule has 0 aliphatic rings. The molecule has 0 bridgehead atoms. The molecule has 1 aromatic rings. The zero-order valence-electron chi connectivity index (χ0n) is 9.19. The molecule has 1 N–H and O–H groups in total. The molecular formula is C10H18N2O2. The molecule has 4 heteroatoms. The van der Waals surface area contributed by atoms with E-state index in [1.165, 1.54) is 0 Å². The first-order valence-electron chi connectivity index (χ1n) is 4.85. The summed E-state index contributed by atoms with van der Waals surface area (Å²) in [7, 11) is 3.40. The van der Waals surface area contributed by atoms with Crippen LogP contribution in [0.5, 0.6) is 5.75 Å². The van der Waals surface area contributed by atoms with E-state index in [2.05, 4.69) is 12.0 Å². The van der Waals surface area contributed by atoms with Gasteiger partial charge >= 0.3 is 0 Å². The van der Waals surface area contributed by atoms with E-state index >= 15 is 0 Å². The molecule has 0 aliphatic heterocycles. The molecule has 0 fully saturated rings. The Labute approximate surface area is 84.5 Å². The van der Waals surface area contributed by atoms with Crippen LogP contribution in [-0.4, -0.2) is 22.0 Å². The van der Waals surface area contributed by atoms with Gasteiger partial charge in [-0.1, -0.05) is 20.3 Å². The molecule has 14 heavy (non-hydrogen) atoms.